The number of rotatable bonds is 6. The van der Waals surface area contributed by atoms with Crippen molar-refractivity contribution in [3.63, 3.8) is 0 Å². The number of ether oxygens (including phenoxy) is 1. The van der Waals surface area contributed by atoms with Crippen LogP contribution in [0, 0.1) is 0 Å². The van der Waals surface area contributed by atoms with Gasteiger partial charge >= 0.3 is 0 Å². The summed E-state index contributed by atoms with van der Waals surface area (Å²) < 4.78 is 18.9. The SMILES string of the molecule is C/C(F)=C/C(=O)Nc1ccnc(-c2cccc3cnc(Nc4cccnc4C4CNCCO4)nc23)c1. The zero-order valence-electron chi connectivity index (χ0n) is 19.5. The van der Waals surface area contributed by atoms with Crippen molar-refractivity contribution < 1.29 is 13.9 Å². The number of benzene rings is 1. The second-order valence-corrected chi connectivity index (χ2v) is 8.21. The van der Waals surface area contributed by atoms with Gasteiger partial charge in [0, 0.05) is 54.4 Å². The summed E-state index contributed by atoms with van der Waals surface area (Å²) in [5.41, 5.74) is 4.09. The predicted octanol–water partition coefficient (Wildman–Crippen LogP) is 4.30. The van der Waals surface area contributed by atoms with Crippen LogP contribution >= 0.6 is 0 Å². The third-order valence-corrected chi connectivity index (χ3v) is 5.56. The van der Waals surface area contributed by atoms with Gasteiger partial charge in [-0.25, -0.2) is 14.4 Å². The molecule has 1 aliphatic rings. The van der Waals surface area contributed by atoms with Gasteiger partial charge in [-0.05, 0) is 31.2 Å². The molecule has 3 aromatic heterocycles. The standard InChI is InChI=1S/C26H24FN7O2/c1-16(27)12-23(35)32-18-7-9-29-21(13-18)19-5-2-4-17-14-31-26(34-24(17)19)33-20-6-3-8-30-25(20)22-15-28-10-11-36-22/h2-9,12-14,22,28H,10-11,15H2,1H3,(H,29,32,35)(H,31,33,34)/b16-12-. The first-order valence-electron chi connectivity index (χ1n) is 11.5. The first-order chi connectivity index (χ1) is 17.6. The van der Waals surface area contributed by atoms with Gasteiger partial charge < -0.3 is 20.7 Å². The lowest BCUT2D eigenvalue weighted by molar-refractivity contribution is -0.112. The van der Waals surface area contributed by atoms with Crippen molar-refractivity contribution in [3.8, 4) is 11.3 Å². The minimum atomic E-state index is -0.573. The summed E-state index contributed by atoms with van der Waals surface area (Å²) in [7, 11) is 0. The quantitative estimate of drug-likeness (QED) is 0.347. The Balaban J connectivity index is 1.47. The smallest absolute Gasteiger partial charge is 0.250 e. The van der Waals surface area contributed by atoms with Gasteiger partial charge in [0.1, 0.15) is 11.9 Å². The third-order valence-electron chi connectivity index (χ3n) is 5.56. The zero-order valence-corrected chi connectivity index (χ0v) is 19.5. The fourth-order valence-corrected chi connectivity index (χ4v) is 3.98. The lowest BCUT2D eigenvalue weighted by Crippen LogP contribution is -2.34. The molecule has 1 amide bonds. The Morgan fingerprint density at radius 2 is 2.08 bits per heavy atom. The van der Waals surface area contributed by atoms with Gasteiger partial charge in [0.2, 0.25) is 5.95 Å². The number of aromatic nitrogens is 4. The number of hydrogen-bond donors (Lipinski definition) is 3. The van der Waals surface area contributed by atoms with E-state index in [2.05, 4.69) is 30.9 Å². The molecule has 0 bridgehead atoms. The van der Waals surface area contributed by atoms with E-state index in [1.165, 1.54) is 6.92 Å². The summed E-state index contributed by atoms with van der Waals surface area (Å²) in [6.45, 7) is 3.32. The number of pyridine rings is 2. The highest BCUT2D eigenvalue weighted by Crippen LogP contribution is 2.30. The Labute approximate surface area is 206 Å². The maximum atomic E-state index is 13.1. The maximum absolute atomic E-state index is 13.1. The molecule has 182 valence electrons. The van der Waals surface area contributed by atoms with E-state index in [1.54, 1.807) is 30.7 Å². The molecule has 0 radical (unpaired) electrons. The van der Waals surface area contributed by atoms with Crippen molar-refractivity contribution >= 4 is 34.1 Å². The molecular weight excluding hydrogens is 461 g/mol. The van der Waals surface area contributed by atoms with E-state index >= 15 is 0 Å². The van der Waals surface area contributed by atoms with Crippen molar-refractivity contribution in [2.45, 2.75) is 13.0 Å². The van der Waals surface area contributed by atoms with Gasteiger partial charge in [-0.15, -0.1) is 0 Å². The summed E-state index contributed by atoms with van der Waals surface area (Å²) >= 11 is 0. The predicted molar refractivity (Wildman–Crippen MR) is 135 cm³/mol. The highest BCUT2D eigenvalue weighted by atomic mass is 19.1. The van der Waals surface area contributed by atoms with Gasteiger partial charge in [-0.3, -0.25) is 14.8 Å². The molecule has 1 fully saturated rings. The summed E-state index contributed by atoms with van der Waals surface area (Å²) in [5, 5.41) is 10.1. The molecule has 36 heavy (non-hydrogen) atoms. The van der Waals surface area contributed by atoms with Crippen molar-refractivity contribution in [1.29, 1.82) is 0 Å². The van der Waals surface area contributed by atoms with E-state index in [0.29, 0.717) is 36.0 Å². The number of anilines is 3. The van der Waals surface area contributed by atoms with Crippen molar-refractivity contribution in [3.05, 3.63) is 78.7 Å². The maximum Gasteiger partial charge on any atom is 0.250 e. The van der Waals surface area contributed by atoms with Crippen LogP contribution in [0.3, 0.4) is 0 Å². The molecule has 1 aromatic carbocycles. The van der Waals surface area contributed by atoms with Crippen LogP contribution in [0.4, 0.5) is 21.7 Å². The van der Waals surface area contributed by atoms with Crippen LogP contribution in [-0.4, -0.2) is 45.5 Å². The number of hydrogen-bond acceptors (Lipinski definition) is 8. The van der Waals surface area contributed by atoms with Crippen LogP contribution < -0.4 is 16.0 Å². The number of fused-ring (bicyclic) bond motifs is 1. The Morgan fingerprint density at radius 1 is 1.17 bits per heavy atom. The lowest BCUT2D eigenvalue weighted by atomic mass is 10.1. The van der Waals surface area contributed by atoms with Gasteiger partial charge in [0.05, 0.1) is 29.2 Å². The second-order valence-electron chi connectivity index (χ2n) is 8.21. The molecule has 0 aliphatic carbocycles. The van der Waals surface area contributed by atoms with Crippen LogP contribution in [0.2, 0.25) is 0 Å². The number of morpholine rings is 1. The summed E-state index contributed by atoms with van der Waals surface area (Å²) in [6, 6.07) is 12.8. The molecule has 4 aromatic rings. The lowest BCUT2D eigenvalue weighted by Gasteiger charge is -2.24. The van der Waals surface area contributed by atoms with Crippen LogP contribution in [0.25, 0.3) is 22.2 Å². The van der Waals surface area contributed by atoms with E-state index in [-0.39, 0.29) is 6.10 Å². The highest BCUT2D eigenvalue weighted by molar-refractivity contribution is 6.00. The molecule has 0 spiro atoms. The Bertz CT molecular complexity index is 1430. The molecule has 1 atom stereocenters. The normalized spacial score (nSPS) is 16.1. The van der Waals surface area contributed by atoms with E-state index in [0.717, 1.165) is 35.0 Å². The van der Waals surface area contributed by atoms with Crippen LogP contribution in [0.15, 0.2) is 73.0 Å². The minimum absolute atomic E-state index is 0.170. The van der Waals surface area contributed by atoms with Gasteiger partial charge in [-0.1, -0.05) is 18.2 Å². The van der Waals surface area contributed by atoms with Crippen molar-refractivity contribution in [2.75, 3.05) is 30.3 Å². The largest absolute Gasteiger partial charge is 0.369 e. The molecular formula is C26H24FN7O2. The van der Waals surface area contributed by atoms with Crippen LogP contribution in [-0.2, 0) is 9.53 Å². The fraction of sp³-hybridized carbons (Fsp3) is 0.192. The Morgan fingerprint density at radius 3 is 2.92 bits per heavy atom. The Kier molecular flexibility index (Phi) is 6.87. The number of carbonyl (C=O) groups excluding carboxylic acids is 1. The molecule has 1 aliphatic heterocycles. The molecule has 1 unspecified atom stereocenters. The zero-order chi connectivity index (χ0) is 24.9. The number of para-hydroxylation sites is 1. The van der Waals surface area contributed by atoms with E-state index < -0.39 is 11.7 Å². The monoisotopic (exact) mass is 485 g/mol. The number of allylic oxidation sites excluding steroid dienone is 1. The first kappa shape index (κ1) is 23.5. The van der Waals surface area contributed by atoms with Crippen molar-refractivity contribution in [1.82, 2.24) is 25.3 Å². The number of halogens is 1. The van der Waals surface area contributed by atoms with E-state index in [1.807, 2.05) is 30.3 Å². The van der Waals surface area contributed by atoms with Crippen molar-refractivity contribution in [2.24, 2.45) is 0 Å². The number of amides is 1. The summed E-state index contributed by atoms with van der Waals surface area (Å²) in [5.74, 6) is -0.722. The first-order valence-corrected chi connectivity index (χ1v) is 11.5. The highest BCUT2D eigenvalue weighted by Gasteiger charge is 2.21. The third kappa shape index (κ3) is 5.35. The van der Waals surface area contributed by atoms with Crippen LogP contribution in [0.5, 0.6) is 0 Å². The number of nitrogens with one attached hydrogen (secondary N) is 3. The molecule has 4 heterocycles. The van der Waals surface area contributed by atoms with Crippen LogP contribution in [0.1, 0.15) is 18.7 Å². The fourth-order valence-electron chi connectivity index (χ4n) is 3.98. The topological polar surface area (TPSA) is 114 Å². The number of carbonyl (C=O) groups is 1. The van der Waals surface area contributed by atoms with Gasteiger partial charge in [0.25, 0.3) is 5.91 Å². The van der Waals surface area contributed by atoms with Gasteiger partial charge in [0.15, 0.2) is 0 Å². The molecule has 1 saturated heterocycles. The average Bonchev–Trinajstić information content (AvgIpc) is 2.89. The molecule has 5 rings (SSSR count). The Hall–Kier alpha value is -4.28. The second kappa shape index (κ2) is 10.5. The molecule has 10 heteroatoms. The van der Waals surface area contributed by atoms with E-state index in [4.69, 9.17) is 9.72 Å². The molecule has 3 N–H and O–H groups in total. The van der Waals surface area contributed by atoms with E-state index in [9.17, 15) is 9.18 Å². The number of nitrogens with zero attached hydrogens (tertiary/aromatic N) is 4. The average molecular weight is 486 g/mol. The summed E-state index contributed by atoms with van der Waals surface area (Å²) in [6.07, 6.45) is 5.78. The minimum Gasteiger partial charge on any atom is -0.369 e. The molecule has 9 nitrogen and oxygen atoms in total. The molecule has 0 saturated carbocycles. The van der Waals surface area contributed by atoms with Gasteiger partial charge in [-0.2, -0.15) is 0 Å². The summed E-state index contributed by atoms with van der Waals surface area (Å²) in [4.78, 5) is 30.2.